The summed E-state index contributed by atoms with van der Waals surface area (Å²) in [4.78, 5) is 0. The molecule has 3 rings (SSSR count). The highest BCUT2D eigenvalue weighted by molar-refractivity contribution is 9.10. The molecule has 0 saturated carbocycles. The Morgan fingerprint density at radius 1 is 1.29 bits per heavy atom. The molecule has 2 aromatic carbocycles. The molecular formula is C16H14BrFO3. The average Bonchev–Trinajstić information content (AvgIpc) is 2.87. The Bertz CT molecular complexity index is 660. The number of hydrogen-bond donors (Lipinski definition) is 1. The largest absolute Gasteiger partial charge is 0.489 e. The zero-order valence-electron chi connectivity index (χ0n) is 11.2. The van der Waals surface area contributed by atoms with Crippen molar-refractivity contribution in [3.05, 3.63) is 57.8 Å². The lowest BCUT2D eigenvalue weighted by Crippen LogP contribution is -2.22. The standard InChI is InChI=1S/C16H14BrFO3/c17-12-1-3-15(11(5-12)8-19)20-9-14-7-10-6-13(18)2-4-16(10)21-14/h1-6,14,19H,7-9H2. The van der Waals surface area contributed by atoms with Crippen molar-refractivity contribution in [1.82, 2.24) is 0 Å². The zero-order chi connectivity index (χ0) is 14.8. The molecular weight excluding hydrogens is 339 g/mol. The van der Waals surface area contributed by atoms with Crippen LogP contribution < -0.4 is 9.47 Å². The predicted octanol–water partition coefficient (Wildman–Crippen LogP) is 3.46. The Hall–Kier alpha value is -1.59. The maximum Gasteiger partial charge on any atom is 0.137 e. The molecule has 2 aromatic rings. The molecule has 1 unspecified atom stereocenters. The van der Waals surface area contributed by atoms with Crippen LogP contribution in [0.4, 0.5) is 4.39 Å². The van der Waals surface area contributed by atoms with E-state index in [0.717, 1.165) is 10.0 Å². The lowest BCUT2D eigenvalue weighted by atomic mass is 10.1. The first-order chi connectivity index (χ1) is 10.2. The molecule has 110 valence electrons. The number of aliphatic hydroxyl groups is 1. The number of aliphatic hydroxyl groups excluding tert-OH is 1. The molecule has 1 atom stereocenters. The second-order valence-electron chi connectivity index (χ2n) is 4.92. The van der Waals surface area contributed by atoms with Gasteiger partial charge in [0.1, 0.15) is 30.0 Å². The monoisotopic (exact) mass is 352 g/mol. The number of hydrogen-bond acceptors (Lipinski definition) is 3. The van der Waals surface area contributed by atoms with Gasteiger partial charge in [-0.2, -0.15) is 0 Å². The maximum atomic E-state index is 13.2. The van der Waals surface area contributed by atoms with Crippen LogP contribution in [0, 0.1) is 5.82 Å². The van der Waals surface area contributed by atoms with E-state index < -0.39 is 0 Å². The van der Waals surface area contributed by atoms with E-state index in [1.54, 1.807) is 12.1 Å². The van der Waals surface area contributed by atoms with E-state index in [-0.39, 0.29) is 18.5 Å². The van der Waals surface area contributed by atoms with Crippen LogP contribution >= 0.6 is 15.9 Å². The molecule has 5 heteroatoms. The van der Waals surface area contributed by atoms with Crippen LogP contribution in [0.2, 0.25) is 0 Å². The van der Waals surface area contributed by atoms with Crippen molar-refractivity contribution in [2.75, 3.05) is 6.61 Å². The van der Waals surface area contributed by atoms with E-state index in [2.05, 4.69) is 15.9 Å². The second kappa shape index (κ2) is 6.03. The average molecular weight is 353 g/mol. The van der Waals surface area contributed by atoms with Crippen molar-refractivity contribution in [3.63, 3.8) is 0 Å². The summed E-state index contributed by atoms with van der Waals surface area (Å²) in [5, 5.41) is 9.33. The fraction of sp³-hybridized carbons (Fsp3) is 0.250. The first-order valence-corrected chi connectivity index (χ1v) is 7.42. The minimum Gasteiger partial charge on any atom is -0.489 e. The predicted molar refractivity (Wildman–Crippen MR) is 80.1 cm³/mol. The Labute approximate surface area is 130 Å². The molecule has 1 aliphatic rings. The van der Waals surface area contributed by atoms with Crippen LogP contribution in [0.5, 0.6) is 11.5 Å². The van der Waals surface area contributed by atoms with Crippen LogP contribution in [-0.4, -0.2) is 17.8 Å². The van der Waals surface area contributed by atoms with Crippen LogP contribution in [0.1, 0.15) is 11.1 Å². The Morgan fingerprint density at radius 3 is 2.95 bits per heavy atom. The van der Waals surface area contributed by atoms with Crippen LogP contribution in [-0.2, 0) is 13.0 Å². The van der Waals surface area contributed by atoms with Gasteiger partial charge in [-0.05, 0) is 36.4 Å². The van der Waals surface area contributed by atoms with Gasteiger partial charge in [0.15, 0.2) is 0 Å². The molecule has 0 fully saturated rings. The van der Waals surface area contributed by atoms with Crippen molar-refractivity contribution in [3.8, 4) is 11.5 Å². The molecule has 0 aromatic heterocycles. The van der Waals surface area contributed by atoms with E-state index in [4.69, 9.17) is 9.47 Å². The number of benzene rings is 2. The molecule has 0 spiro atoms. The summed E-state index contributed by atoms with van der Waals surface area (Å²) < 4.78 is 25.5. The third-order valence-corrected chi connectivity index (χ3v) is 3.87. The molecule has 0 radical (unpaired) electrons. The van der Waals surface area contributed by atoms with Gasteiger partial charge >= 0.3 is 0 Å². The van der Waals surface area contributed by atoms with Gasteiger partial charge in [0.05, 0.1) is 6.61 Å². The van der Waals surface area contributed by atoms with Crippen molar-refractivity contribution in [1.29, 1.82) is 0 Å². The van der Waals surface area contributed by atoms with Crippen molar-refractivity contribution in [2.45, 2.75) is 19.1 Å². The van der Waals surface area contributed by atoms with Crippen LogP contribution in [0.25, 0.3) is 0 Å². The Kier molecular flexibility index (Phi) is 4.12. The highest BCUT2D eigenvalue weighted by Gasteiger charge is 2.24. The van der Waals surface area contributed by atoms with Gasteiger partial charge in [-0.3, -0.25) is 0 Å². The van der Waals surface area contributed by atoms with Crippen molar-refractivity contribution in [2.24, 2.45) is 0 Å². The van der Waals surface area contributed by atoms with E-state index in [9.17, 15) is 9.50 Å². The van der Waals surface area contributed by atoms with E-state index >= 15 is 0 Å². The molecule has 0 saturated heterocycles. The van der Waals surface area contributed by atoms with E-state index in [1.807, 2.05) is 12.1 Å². The van der Waals surface area contributed by atoms with Crippen molar-refractivity contribution >= 4 is 15.9 Å². The van der Waals surface area contributed by atoms with Gasteiger partial charge in [-0.15, -0.1) is 0 Å². The minimum absolute atomic E-state index is 0.0915. The fourth-order valence-corrected chi connectivity index (χ4v) is 2.79. The van der Waals surface area contributed by atoms with Gasteiger partial charge in [-0.1, -0.05) is 15.9 Å². The van der Waals surface area contributed by atoms with Gasteiger partial charge in [0, 0.05) is 22.0 Å². The summed E-state index contributed by atoms with van der Waals surface area (Å²) in [7, 11) is 0. The normalized spacial score (nSPS) is 16.4. The summed E-state index contributed by atoms with van der Waals surface area (Å²) >= 11 is 3.35. The highest BCUT2D eigenvalue weighted by Crippen LogP contribution is 2.30. The number of rotatable bonds is 4. The Morgan fingerprint density at radius 2 is 2.14 bits per heavy atom. The van der Waals surface area contributed by atoms with E-state index in [1.165, 1.54) is 12.1 Å². The highest BCUT2D eigenvalue weighted by atomic mass is 79.9. The van der Waals surface area contributed by atoms with Gasteiger partial charge in [0.2, 0.25) is 0 Å². The van der Waals surface area contributed by atoms with E-state index in [0.29, 0.717) is 30.1 Å². The minimum atomic E-state index is -0.255. The summed E-state index contributed by atoms with van der Waals surface area (Å²) in [6.45, 7) is 0.261. The van der Waals surface area contributed by atoms with Gasteiger partial charge in [0.25, 0.3) is 0 Å². The zero-order valence-corrected chi connectivity index (χ0v) is 12.8. The SMILES string of the molecule is OCc1cc(Br)ccc1OCC1Cc2cc(F)ccc2O1. The molecule has 21 heavy (non-hydrogen) atoms. The number of halogens is 2. The van der Waals surface area contributed by atoms with Gasteiger partial charge < -0.3 is 14.6 Å². The van der Waals surface area contributed by atoms with Crippen molar-refractivity contribution < 1.29 is 19.0 Å². The lowest BCUT2D eigenvalue weighted by molar-refractivity contribution is 0.146. The second-order valence-corrected chi connectivity index (χ2v) is 5.83. The molecule has 1 N–H and O–H groups in total. The molecule has 1 heterocycles. The summed E-state index contributed by atoms with van der Waals surface area (Å²) in [6, 6.07) is 10.00. The molecule has 0 bridgehead atoms. The molecule has 0 amide bonds. The van der Waals surface area contributed by atoms with Gasteiger partial charge in [-0.25, -0.2) is 4.39 Å². The third kappa shape index (κ3) is 3.19. The molecule has 3 nitrogen and oxygen atoms in total. The molecule has 0 aliphatic carbocycles. The maximum absolute atomic E-state index is 13.2. The first-order valence-electron chi connectivity index (χ1n) is 6.63. The smallest absolute Gasteiger partial charge is 0.137 e. The number of fused-ring (bicyclic) bond motifs is 1. The first kappa shape index (κ1) is 14.4. The topological polar surface area (TPSA) is 38.7 Å². The quantitative estimate of drug-likeness (QED) is 0.915. The van der Waals surface area contributed by atoms with Crippen LogP contribution in [0.15, 0.2) is 40.9 Å². The lowest BCUT2D eigenvalue weighted by Gasteiger charge is -2.14. The summed E-state index contributed by atoms with van der Waals surface area (Å²) in [5.41, 5.74) is 1.58. The fourth-order valence-electron chi connectivity index (χ4n) is 2.38. The Balaban J connectivity index is 1.65. The summed E-state index contributed by atoms with van der Waals surface area (Å²) in [6.07, 6.45) is 0.481. The van der Waals surface area contributed by atoms with Crippen LogP contribution in [0.3, 0.4) is 0 Å². The molecule has 1 aliphatic heterocycles. The summed E-state index contributed by atoms with van der Waals surface area (Å²) in [5.74, 6) is 1.09. The third-order valence-electron chi connectivity index (χ3n) is 3.38. The number of ether oxygens (including phenoxy) is 2.